The van der Waals surface area contributed by atoms with E-state index in [4.69, 9.17) is 0 Å². The summed E-state index contributed by atoms with van der Waals surface area (Å²) in [5.41, 5.74) is 0. The zero-order valence-electron chi connectivity index (χ0n) is 14.0. The van der Waals surface area contributed by atoms with Crippen molar-refractivity contribution in [1.82, 2.24) is 0 Å². The minimum atomic E-state index is 0. The highest BCUT2D eigenvalue weighted by molar-refractivity contribution is 8.93. The van der Waals surface area contributed by atoms with Crippen LogP contribution in [-0.4, -0.2) is 6.16 Å². The highest BCUT2D eigenvalue weighted by atomic mass is 79.9. The Kier molecular flexibility index (Phi) is 25.7. The summed E-state index contributed by atoms with van der Waals surface area (Å²) in [6.45, 7) is 2.29. The second-order valence-electron chi connectivity index (χ2n) is 6.09. The van der Waals surface area contributed by atoms with Crippen LogP contribution in [0.15, 0.2) is 0 Å². The van der Waals surface area contributed by atoms with E-state index < -0.39 is 0 Å². The lowest BCUT2D eigenvalue weighted by molar-refractivity contribution is 0.531. The van der Waals surface area contributed by atoms with Gasteiger partial charge in [0.1, 0.15) is 0 Å². The molecule has 0 aliphatic rings. The predicted molar refractivity (Wildman–Crippen MR) is 104 cm³/mol. The lowest BCUT2D eigenvalue weighted by atomic mass is 10.0. The molecular weight excluding hydrogens is 327 g/mol. The van der Waals surface area contributed by atoms with E-state index in [1.54, 1.807) is 0 Å². The fraction of sp³-hybridized carbons (Fsp3) is 1.00. The van der Waals surface area contributed by atoms with Crippen LogP contribution >= 0.6 is 26.2 Å². The van der Waals surface area contributed by atoms with Crippen molar-refractivity contribution >= 4 is 26.2 Å². The van der Waals surface area contributed by atoms with Crippen molar-refractivity contribution in [3.63, 3.8) is 0 Å². The van der Waals surface area contributed by atoms with Gasteiger partial charge in [0.25, 0.3) is 0 Å². The summed E-state index contributed by atoms with van der Waals surface area (Å²) < 4.78 is 0. The lowest BCUT2D eigenvalue weighted by Crippen LogP contribution is -1.83. The van der Waals surface area contributed by atoms with Crippen LogP contribution in [0, 0.1) is 0 Å². The third-order valence-electron chi connectivity index (χ3n) is 4.06. The summed E-state index contributed by atoms with van der Waals surface area (Å²) in [5, 5.41) is 0. The molecule has 2 heteroatoms. The first-order chi connectivity index (χ1) is 9.41. The van der Waals surface area contributed by atoms with E-state index in [-0.39, 0.29) is 17.0 Å². The molecule has 0 fully saturated rings. The van der Waals surface area contributed by atoms with Crippen molar-refractivity contribution in [3.8, 4) is 0 Å². The molecule has 0 N–H and O–H groups in total. The topological polar surface area (TPSA) is 0 Å². The number of rotatable bonds is 16. The van der Waals surface area contributed by atoms with Gasteiger partial charge >= 0.3 is 0 Å². The van der Waals surface area contributed by atoms with Crippen molar-refractivity contribution in [3.05, 3.63) is 0 Å². The second-order valence-corrected chi connectivity index (χ2v) is 6.67. The van der Waals surface area contributed by atoms with E-state index in [0.29, 0.717) is 0 Å². The van der Waals surface area contributed by atoms with Crippen LogP contribution < -0.4 is 0 Å². The van der Waals surface area contributed by atoms with Gasteiger partial charge in [0.2, 0.25) is 0 Å². The third-order valence-corrected chi connectivity index (χ3v) is 4.47. The number of hydrogen-bond acceptors (Lipinski definition) is 0. The molecule has 0 aromatic carbocycles. The maximum absolute atomic E-state index is 2.83. The third kappa shape index (κ3) is 21.2. The van der Waals surface area contributed by atoms with Gasteiger partial charge in [0.05, 0.1) is 0 Å². The van der Waals surface area contributed by atoms with Gasteiger partial charge < -0.3 is 0 Å². The molecule has 0 aromatic heterocycles. The van der Waals surface area contributed by atoms with Crippen molar-refractivity contribution in [2.75, 3.05) is 6.16 Å². The van der Waals surface area contributed by atoms with Crippen molar-refractivity contribution in [2.45, 2.75) is 110 Å². The number of unbranched alkanes of at least 4 members (excludes halogenated alkanes) is 15. The van der Waals surface area contributed by atoms with Gasteiger partial charge in [-0.15, -0.1) is 26.2 Å². The molecule has 0 saturated heterocycles. The quantitative estimate of drug-likeness (QED) is 0.194. The molecule has 0 nitrogen and oxygen atoms in total. The zero-order valence-corrected chi connectivity index (χ0v) is 16.9. The maximum atomic E-state index is 2.83. The average molecular weight is 367 g/mol. The van der Waals surface area contributed by atoms with Crippen molar-refractivity contribution in [1.29, 1.82) is 0 Å². The molecule has 0 spiro atoms. The highest BCUT2D eigenvalue weighted by Gasteiger charge is 1.94. The molecule has 0 radical (unpaired) electrons. The van der Waals surface area contributed by atoms with E-state index in [0.717, 1.165) is 0 Å². The van der Waals surface area contributed by atoms with Crippen LogP contribution in [0.3, 0.4) is 0 Å². The van der Waals surface area contributed by atoms with E-state index in [9.17, 15) is 0 Å². The zero-order chi connectivity index (χ0) is 14.0. The van der Waals surface area contributed by atoms with Gasteiger partial charge in [0, 0.05) is 0 Å². The molecule has 0 aliphatic heterocycles. The van der Waals surface area contributed by atoms with Crippen LogP contribution in [-0.2, 0) is 0 Å². The summed E-state index contributed by atoms with van der Waals surface area (Å²) in [7, 11) is 2.83. The first kappa shape index (κ1) is 23.2. The molecule has 0 bridgehead atoms. The standard InChI is InChI=1S/C18H39P.BrH/c1-2-3-4-5-6-7-8-9-10-11-12-13-14-15-16-17-18-19;/h2-19H2,1H3;1H. The Hall–Kier alpha value is 0.910. The molecule has 124 valence electrons. The van der Waals surface area contributed by atoms with Gasteiger partial charge in [-0.25, -0.2) is 0 Å². The summed E-state index contributed by atoms with van der Waals surface area (Å²) in [5.74, 6) is 0. The van der Waals surface area contributed by atoms with Crippen LogP contribution in [0.1, 0.15) is 110 Å². The van der Waals surface area contributed by atoms with Gasteiger partial charge in [-0.1, -0.05) is 103 Å². The minimum absolute atomic E-state index is 0. The van der Waals surface area contributed by atoms with Gasteiger partial charge in [-0.2, -0.15) is 0 Å². The normalized spacial score (nSPS) is 10.5. The SMILES string of the molecule is Br.CCCCCCCCCCCCCCCCCCP. The summed E-state index contributed by atoms with van der Waals surface area (Å²) in [6.07, 6.45) is 24.7. The van der Waals surface area contributed by atoms with Gasteiger partial charge in [-0.05, 0) is 12.6 Å². The summed E-state index contributed by atoms with van der Waals surface area (Å²) in [4.78, 5) is 0. The van der Waals surface area contributed by atoms with E-state index in [2.05, 4.69) is 16.2 Å². The van der Waals surface area contributed by atoms with E-state index in [1.165, 1.54) is 109 Å². The van der Waals surface area contributed by atoms with Gasteiger partial charge in [-0.3, -0.25) is 0 Å². The smallest absolute Gasteiger partial charge is 0.0381 e. The Morgan fingerprint density at radius 3 is 0.950 bits per heavy atom. The molecule has 0 heterocycles. The summed E-state index contributed by atoms with van der Waals surface area (Å²) >= 11 is 0. The lowest BCUT2D eigenvalue weighted by Gasteiger charge is -2.03. The highest BCUT2D eigenvalue weighted by Crippen LogP contribution is 2.13. The van der Waals surface area contributed by atoms with Crippen LogP contribution in [0.2, 0.25) is 0 Å². The molecule has 0 saturated carbocycles. The van der Waals surface area contributed by atoms with Crippen molar-refractivity contribution < 1.29 is 0 Å². The Balaban J connectivity index is 0. The molecule has 0 rings (SSSR count). The number of halogens is 1. The van der Waals surface area contributed by atoms with Gasteiger partial charge in [0.15, 0.2) is 0 Å². The Labute approximate surface area is 142 Å². The first-order valence-electron chi connectivity index (χ1n) is 9.12. The number of hydrogen-bond donors (Lipinski definition) is 0. The first-order valence-corrected chi connectivity index (χ1v) is 9.93. The Morgan fingerprint density at radius 1 is 0.450 bits per heavy atom. The largest absolute Gasteiger partial charge is 0.138 e. The maximum Gasteiger partial charge on any atom is -0.0381 e. The monoisotopic (exact) mass is 366 g/mol. The molecule has 0 aromatic rings. The van der Waals surface area contributed by atoms with Crippen LogP contribution in [0.4, 0.5) is 0 Å². The predicted octanol–water partition coefficient (Wildman–Crippen LogP) is 7.70. The minimum Gasteiger partial charge on any atom is -0.138 e. The van der Waals surface area contributed by atoms with Crippen LogP contribution in [0.25, 0.3) is 0 Å². The fourth-order valence-electron chi connectivity index (χ4n) is 2.69. The molecule has 20 heavy (non-hydrogen) atoms. The fourth-order valence-corrected chi connectivity index (χ4v) is 2.98. The molecule has 1 unspecified atom stereocenters. The Morgan fingerprint density at radius 2 is 0.700 bits per heavy atom. The van der Waals surface area contributed by atoms with E-state index in [1.807, 2.05) is 0 Å². The van der Waals surface area contributed by atoms with E-state index >= 15 is 0 Å². The average Bonchev–Trinajstić information content (AvgIpc) is 2.43. The molecule has 0 amide bonds. The molecule has 1 atom stereocenters. The molecular formula is C18H40BrP. The summed E-state index contributed by atoms with van der Waals surface area (Å²) in [6, 6.07) is 0. The second kappa shape index (κ2) is 22.2. The van der Waals surface area contributed by atoms with Crippen molar-refractivity contribution in [2.24, 2.45) is 0 Å². The van der Waals surface area contributed by atoms with Crippen LogP contribution in [0.5, 0.6) is 0 Å². The Bertz CT molecular complexity index is 134. The molecule has 0 aliphatic carbocycles.